The van der Waals surface area contributed by atoms with E-state index in [4.69, 9.17) is 4.42 Å². The number of oxazole rings is 1. The fraction of sp³-hybridized carbons (Fsp3) is 0.333. The Morgan fingerprint density at radius 2 is 2.40 bits per heavy atom. The van der Waals surface area contributed by atoms with Crippen molar-refractivity contribution in [1.29, 1.82) is 0 Å². The fourth-order valence-electron chi connectivity index (χ4n) is 2.51. The third kappa shape index (κ3) is 2.58. The molecule has 0 spiro atoms. The lowest BCUT2D eigenvalue weighted by molar-refractivity contribution is -0.118. The van der Waals surface area contributed by atoms with Crippen molar-refractivity contribution in [3.63, 3.8) is 0 Å². The number of hydrogen-bond acceptors (Lipinski definition) is 4. The van der Waals surface area contributed by atoms with E-state index >= 15 is 0 Å². The topological polar surface area (TPSA) is 67.2 Å². The lowest BCUT2D eigenvalue weighted by atomic mass is 10.0. The summed E-state index contributed by atoms with van der Waals surface area (Å²) in [4.78, 5) is 16.1. The van der Waals surface area contributed by atoms with Crippen molar-refractivity contribution in [2.45, 2.75) is 19.4 Å². The van der Waals surface area contributed by atoms with Crippen LogP contribution in [-0.2, 0) is 4.79 Å². The molecule has 1 aliphatic heterocycles. The van der Waals surface area contributed by atoms with E-state index in [0.717, 1.165) is 24.2 Å². The Balaban J connectivity index is 1.74. The van der Waals surface area contributed by atoms with Gasteiger partial charge in [-0.2, -0.15) is 0 Å². The normalized spacial score (nSPS) is 21.9. The maximum absolute atomic E-state index is 12.2. The summed E-state index contributed by atoms with van der Waals surface area (Å²) in [5, 5.41) is 6.18. The quantitative estimate of drug-likeness (QED) is 0.898. The number of amides is 1. The van der Waals surface area contributed by atoms with Crippen molar-refractivity contribution >= 4 is 11.6 Å². The zero-order valence-electron chi connectivity index (χ0n) is 11.3. The number of carbonyl (C=O) groups is 1. The molecule has 3 rings (SSSR count). The van der Waals surface area contributed by atoms with Gasteiger partial charge in [0.05, 0.1) is 12.2 Å². The maximum atomic E-state index is 12.2. The smallest absolute Gasteiger partial charge is 0.241 e. The van der Waals surface area contributed by atoms with Crippen LogP contribution in [0.3, 0.4) is 0 Å². The molecule has 5 nitrogen and oxygen atoms in total. The van der Waals surface area contributed by atoms with Crippen molar-refractivity contribution in [2.75, 3.05) is 11.9 Å². The third-order valence-corrected chi connectivity index (χ3v) is 3.66. The summed E-state index contributed by atoms with van der Waals surface area (Å²) in [5.41, 5.74) is 1.66. The first-order valence-corrected chi connectivity index (χ1v) is 6.77. The first-order chi connectivity index (χ1) is 9.74. The van der Waals surface area contributed by atoms with Gasteiger partial charge in [0.1, 0.15) is 0 Å². The number of rotatable bonds is 3. The van der Waals surface area contributed by atoms with Crippen molar-refractivity contribution in [3.05, 3.63) is 36.9 Å². The Morgan fingerprint density at radius 3 is 3.10 bits per heavy atom. The molecule has 1 aromatic heterocycles. The highest BCUT2D eigenvalue weighted by Crippen LogP contribution is 2.23. The van der Waals surface area contributed by atoms with Gasteiger partial charge in [0, 0.05) is 11.3 Å². The Labute approximate surface area is 117 Å². The molecule has 1 fully saturated rings. The van der Waals surface area contributed by atoms with Gasteiger partial charge in [0.25, 0.3) is 0 Å². The molecule has 2 heterocycles. The molecule has 5 heteroatoms. The molecule has 2 atom stereocenters. The van der Waals surface area contributed by atoms with Gasteiger partial charge in [-0.1, -0.05) is 19.1 Å². The molecule has 0 radical (unpaired) electrons. The van der Waals surface area contributed by atoms with E-state index in [-0.39, 0.29) is 11.9 Å². The molecular formula is C15H17N3O2. The van der Waals surface area contributed by atoms with Crippen LogP contribution in [0.4, 0.5) is 5.69 Å². The van der Waals surface area contributed by atoms with Crippen molar-refractivity contribution in [1.82, 2.24) is 10.3 Å². The standard InChI is InChI=1S/C15H17N3O2/c1-10-5-6-17-14(10)15(19)18-12-4-2-3-11(7-12)13-8-16-9-20-13/h2-4,7-10,14,17H,5-6H2,1H3,(H,18,19). The van der Waals surface area contributed by atoms with Gasteiger partial charge >= 0.3 is 0 Å². The molecule has 20 heavy (non-hydrogen) atoms. The van der Waals surface area contributed by atoms with Gasteiger partial charge in [-0.3, -0.25) is 4.79 Å². The first-order valence-electron chi connectivity index (χ1n) is 6.77. The van der Waals surface area contributed by atoms with Crippen LogP contribution in [0.5, 0.6) is 0 Å². The zero-order chi connectivity index (χ0) is 13.9. The van der Waals surface area contributed by atoms with Gasteiger partial charge in [-0.05, 0) is 31.0 Å². The predicted octanol–water partition coefficient (Wildman–Crippen LogP) is 2.28. The lowest BCUT2D eigenvalue weighted by Gasteiger charge is -2.15. The molecule has 2 aromatic rings. The van der Waals surface area contributed by atoms with Crippen LogP contribution in [0.25, 0.3) is 11.3 Å². The van der Waals surface area contributed by atoms with Crippen molar-refractivity contribution in [2.24, 2.45) is 5.92 Å². The highest BCUT2D eigenvalue weighted by Gasteiger charge is 2.29. The summed E-state index contributed by atoms with van der Waals surface area (Å²) >= 11 is 0. The van der Waals surface area contributed by atoms with E-state index in [9.17, 15) is 4.79 Å². The number of nitrogens with zero attached hydrogens (tertiary/aromatic N) is 1. The second-order valence-electron chi connectivity index (χ2n) is 5.13. The molecule has 1 aromatic carbocycles. The fourth-order valence-corrected chi connectivity index (χ4v) is 2.51. The highest BCUT2D eigenvalue weighted by atomic mass is 16.3. The van der Waals surface area contributed by atoms with Crippen LogP contribution in [0.1, 0.15) is 13.3 Å². The minimum atomic E-state index is -0.107. The first kappa shape index (κ1) is 12.9. The minimum absolute atomic E-state index is 0.0183. The summed E-state index contributed by atoms with van der Waals surface area (Å²) < 4.78 is 5.26. The number of benzene rings is 1. The molecular weight excluding hydrogens is 254 g/mol. The van der Waals surface area contributed by atoms with Crippen LogP contribution >= 0.6 is 0 Å². The zero-order valence-corrected chi connectivity index (χ0v) is 11.3. The number of carbonyl (C=O) groups excluding carboxylic acids is 1. The third-order valence-electron chi connectivity index (χ3n) is 3.66. The number of nitrogens with one attached hydrogen (secondary N) is 2. The van der Waals surface area contributed by atoms with E-state index in [1.54, 1.807) is 6.20 Å². The van der Waals surface area contributed by atoms with Gasteiger partial charge in [0.2, 0.25) is 5.91 Å². The molecule has 1 aliphatic rings. The number of anilines is 1. The van der Waals surface area contributed by atoms with Gasteiger partial charge < -0.3 is 15.1 Å². The molecule has 0 bridgehead atoms. The van der Waals surface area contributed by atoms with Crippen molar-refractivity contribution in [3.8, 4) is 11.3 Å². The summed E-state index contributed by atoms with van der Waals surface area (Å²) in [5.74, 6) is 1.07. The second-order valence-corrected chi connectivity index (χ2v) is 5.13. The van der Waals surface area contributed by atoms with Gasteiger partial charge in [-0.25, -0.2) is 4.98 Å². The monoisotopic (exact) mass is 271 g/mol. The minimum Gasteiger partial charge on any atom is -0.444 e. The number of hydrogen-bond donors (Lipinski definition) is 2. The largest absolute Gasteiger partial charge is 0.444 e. The van der Waals surface area contributed by atoms with Crippen molar-refractivity contribution < 1.29 is 9.21 Å². The summed E-state index contributed by atoms with van der Waals surface area (Å²) in [7, 11) is 0. The average molecular weight is 271 g/mol. The Morgan fingerprint density at radius 1 is 1.50 bits per heavy atom. The van der Waals surface area contributed by atoms with E-state index in [2.05, 4.69) is 22.5 Å². The van der Waals surface area contributed by atoms with E-state index < -0.39 is 0 Å². The molecule has 0 saturated carbocycles. The number of aromatic nitrogens is 1. The molecule has 2 unspecified atom stereocenters. The Kier molecular flexibility index (Phi) is 3.52. The second kappa shape index (κ2) is 5.46. The van der Waals surface area contributed by atoms with Crippen LogP contribution in [0.2, 0.25) is 0 Å². The highest BCUT2D eigenvalue weighted by molar-refractivity contribution is 5.95. The van der Waals surface area contributed by atoms with Gasteiger partial charge in [0.15, 0.2) is 12.2 Å². The summed E-state index contributed by atoms with van der Waals surface area (Å²) in [6, 6.07) is 7.46. The summed E-state index contributed by atoms with van der Waals surface area (Å²) in [6.07, 6.45) is 4.09. The lowest BCUT2D eigenvalue weighted by Crippen LogP contribution is -2.39. The Hall–Kier alpha value is -2.14. The Bertz CT molecular complexity index is 595. The van der Waals surface area contributed by atoms with E-state index in [0.29, 0.717) is 11.7 Å². The van der Waals surface area contributed by atoms with E-state index in [1.807, 2.05) is 24.3 Å². The molecule has 1 amide bonds. The van der Waals surface area contributed by atoms with E-state index in [1.165, 1.54) is 6.39 Å². The van der Waals surface area contributed by atoms with Crippen LogP contribution < -0.4 is 10.6 Å². The van der Waals surface area contributed by atoms with Gasteiger partial charge in [-0.15, -0.1) is 0 Å². The van der Waals surface area contributed by atoms with Crippen LogP contribution in [0.15, 0.2) is 41.3 Å². The molecule has 2 N–H and O–H groups in total. The van der Waals surface area contributed by atoms with Crippen LogP contribution in [-0.4, -0.2) is 23.5 Å². The molecule has 1 saturated heterocycles. The maximum Gasteiger partial charge on any atom is 0.241 e. The predicted molar refractivity (Wildman–Crippen MR) is 76.1 cm³/mol. The van der Waals surface area contributed by atoms with Crippen LogP contribution in [0, 0.1) is 5.92 Å². The molecule has 0 aliphatic carbocycles. The summed E-state index contributed by atoms with van der Waals surface area (Å²) in [6.45, 7) is 2.99. The molecule has 104 valence electrons. The average Bonchev–Trinajstić information content (AvgIpc) is 3.09. The SMILES string of the molecule is CC1CCNC1C(=O)Nc1cccc(-c2cnco2)c1.